The molecule has 15 heavy (non-hydrogen) atoms. The quantitative estimate of drug-likeness (QED) is 0.603. The van der Waals surface area contributed by atoms with Gasteiger partial charge in [0.2, 0.25) is 0 Å². The predicted molar refractivity (Wildman–Crippen MR) is 68.2 cm³/mol. The zero-order valence-electron chi connectivity index (χ0n) is 9.29. The zero-order chi connectivity index (χ0) is 11.1. The summed E-state index contributed by atoms with van der Waals surface area (Å²) in [4.78, 5) is 1.30. The smallest absolute Gasteiger partial charge is 0.0268 e. The van der Waals surface area contributed by atoms with Crippen LogP contribution in [0.2, 0.25) is 0 Å². The summed E-state index contributed by atoms with van der Waals surface area (Å²) in [6, 6.07) is 8.99. The van der Waals surface area contributed by atoms with Crippen molar-refractivity contribution in [1.82, 2.24) is 5.32 Å². The zero-order valence-corrected chi connectivity index (χ0v) is 10.1. The largest absolute Gasteiger partial charge is 0.315 e. The second kappa shape index (κ2) is 6.55. The molecule has 0 radical (unpaired) electrons. The molecule has 0 aliphatic carbocycles. The van der Waals surface area contributed by atoms with Crippen LogP contribution in [0, 0.1) is 19.3 Å². The summed E-state index contributed by atoms with van der Waals surface area (Å²) in [6.45, 7) is 2.10. The van der Waals surface area contributed by atoms with Crippen LogP contribution in [0.15, 0.2) is 29.2 Å². The highest BCUT2D eigenvalue weighted by atomic mass is 32.2. The first-order chi connectivity index (χ1) is 7.26. The molecule has 1 aromatic carbocycles. The Morgan fingerprint density at radius 2 is 2.07 bits per heavy atom. The van der Waals surface area contributed by atoms with Crippen molar-refractivity contribution in [3.8, 4) is 12.3 Å². The molecule has 0 aliphatic rings. The molecule has 0 bridgehead atoms. The van der Waals surface area contributed by atoms with Gasteiger partial charge < -0.3 is 5.32 Å². The van der Waals surface area contributed by atoms with Crippen LogP contribution in [0.4, 0.5) is 0 Å². The number of aryl methyl sites for hydroxylation is 1. The molecule has 1 unspecified atom stereocenters. The maximum absolute atomic E-state index is 5.29. The van der Waals surface area contributed by atoms with E-state index in [0.29, 0.717) is 6.04 Å². The minimum Gasteiger partial charge on any atom is -0.315 e. The Morgan fingerprint density at radius 1 is 1.40 bits per heavy atom. The fourth-order valence-electron chi connectivity index (χ4n) is 1.22. The minimum absolute atomic E-state index is 0.404. The molecular formula is C13H17NS. The maximum Gasteiger partial charge on any atom is 0.0268 e. The Kier molecular flexibility index (Phi) is 5.31. The first-order valence-corrected chi connectivity index (χ1v) is 6.05. The summed E-state index contributed by atoms with van der Waals surface area (Å²) in [5.74, 6) is 3.71. The van der Waals surface area contributed by atoms with E-state index in [1.54, 1.807) is 0 Å². The van der Waals surface area contributed by atoms with E-state index in [9.17, 15) is 0 Å². The molecular weight excluding hydrogens is 202 g/mol. The summed E-state index contributed by atoms with van der Waals surface area (Å²) in [5.41, 5.74) is 1.30. The van der Waals surface area contributed by atoms with Crippen molar-refractivity contribution in [3.63, 3.8) is 0 Å². The molecule has 0 aliphatic heterocycles. The Labute approximate surface area is 96.7 Å². The van der Waals surface area contributed by atoms with Crippen LogP contribution in [0.1, 0.15) is 12.0 Å². The van der Waals surface area contributed by atoms with Crippen molar-refractivity contribution < 1.29 is 0 Å². The van der Waals surface area contributed by atoms with Gasteiger partial charge in [-0.05, 0) is 26.1 Å². The molecule has 0 saturated carbocycles. The van der Waals surface area contributed by atoms with Gasteiger partial charge in [-0.2, -0.15) is 0 Å². The van der Waals surface area contributed by atoms with Crippen molar-refractivity contribution in [2.45, 2.75) is 24.3 Å². The van der Waals surface area contributed by atoms with Gasteiger partial charge in [0.05, 0.1) is 0 Å². The van der Waals surface area contributed by atoms with Crippen molar-refractivity contribution in [3.05, 3.63) is 29.8 Å². The highest BCUT2D eigenvalue weighted by molar-refractivity contribution is 7.99. The monoisotopic (exact) mass is 219 g/mol. The van der Waals surface area contributed by atoms with Crippen LogP contribution in [0.25, 0.3) is 0 Å². The average Bonchev–Trinajstić information content (AvgIpc) is 2.26. The molecule has 2 heteroatoms. The fourth-order valence-corrected chi connectivity index (χ4v) is 2.22. The van der Waals surface area contributed by atoms with Gasteiger partial charge >= 0.3 is 0 Å². The van der Waals surface area contributed by atoms with Gasteiger partial charge in [0.1, 0.15) is 0 Å². The van der Waals surface area contributed by atoms with Crippen LogP contribution in [0.3, 0.4) is 0 Å². The number of benzene rings is 1. The summed E-state index contributed by atoms with van der Waals surface area (Å²) < 4.78 is 0. The van der Waals surface area contributed by atoms with Gasteiger partial charge in [-0.25, -0.2) is 0 Å². The topological polar surface area (TPSA) is 12.0 Å². The van der Waals surface area contributed by atoms with E-state index in [1.165, 1.54) is 10.5 Å². The molecule has 0 amide bonds. The number of nitrogens with one attached hydrogen (secondary N) is 1. The van der Waals surface area contributed by atoms with Gasteiger partial charge in [-0.15, -0.1) is 24.1 Å². The Bertz CT molecular complexity index is 323. The van der Waals surface area contributed by atoms with Gasteiger partial charge in [-0.1, -0.05) is 17.7 Å². The SMILES string of the molecule is C#CCC(CSc1ccc(C)cc1)NC. The van der Waals surface area contributed by atoms with E-state index in [-0.39, 0.29) is 0 Å². The average molecular weight is 219 g/mol. The van der Waals surface area contributed by atoms with E-state index in [4.69, 9.17) is 6.42 Å². The normalized spacial score (nSPS) is 12.1. The lowest BCUT2D eigenvalue weighted by atomic mass is 10.2. The van der Waals surface area contributed by atoms with Crippen LogP contribution in [-0.4, -0.2) is 18.8 Å². The van der Waals surface area contributed by atoms with Crippen LogP contribution in [0.5, 0.6) is 0 Å². The van der Waals surface area contributed by atoms with E-state index in [0.717, 1.165) is 12.2 Å². The summed E-state index contributed by atoms with van der Waals surface area (Å²) in [6.07, 6.45) is 6.08. The first kappa shape index (κ1) is 12.2. The molecule has 1 rings (SSSR count). The number of hydrogen-bond donors (Lipinski definition) is 1. The summed E-state index contributed by atoms with van der Waals surface area (Å²) >= 11 is 1.84. The number of thioether (sulfide) groups is 1. The molecule has 1 N–H and O–H groups in total. The van der Waals surface area contributed by atoms with Crippen LogP contribution >= 0.6 is 11.8 Å². The Morgan fingerprint density at radius 3 is 2.60 bits per heavy atom. The van der Waals surface area contributed by atoms with Gasteiger partial charge in [0.15, 0.2) is 0 Å². The van der Waals surface area contributed by atoms with Crippen molar-refractivity contribution in [2.75, 3.05) is 12.8 Å². The standard InChI is InChI=1S/C13H17NS/c1-4-5-12(14-3)10-15-13-8-6-11(2)7-9-13/h1,6-9,12,14H,5,10H2,2-3H3. The number of terminal acetylenes is 1. The third-order valence-electron chi connectivity index (χ3n) is 2.24. The molecule has 1 atom stereocenters. The molecule has 0 aromatic heterocycles. The third-order valence-corrected chi connectivity index (χ3v) is 3.42. The predicted octanol–water partition coefficient (Wildman–Crippen LogP) is 2.70. The van der Waals surface area contributed by atoms with Crippen LogP contribution in [-0.2, 0) is 0 Å². The van der Waals surface area contributed by atoms with Gasteiger partial charge in [0.25, 0.3) is 0 Å². The van der Waals surface area contributed by atoms with E-state index >= 15 is 0 Å². The van der Waals surface area contributed by atoms with E-state index < -0.39 is 0 Å². The van der Waals surface area contributed by atoms with E-state index in [1.807, 2.05) is 18.8 Å². The second-order valence-corrected chi connectivity index (χ2v) is 4.61. The van der Waals surface area contributed by atoms with E-state index in [2.05, 4.69) is 42.4 Å². The lowest BCUT2D eigenvalue weighted by molar-refractivity contribution is 0.637. The molecule has 0 fully saturated rings. The van der Waals surface area contributed by atoms with Gasteiger partial charge in [0, 0.05) is 23.1 Å². The number of rotatable bonds is 5. The molecule has 1 aromatic rings. The minimum atomic E-state index is 0.404. The first-order valence-electron chi connectivity index (χ1n) is 5.06. The number of hydrogen-bond acceptors (Lipinski definition) is 2. The molecule has 1 nitrogen and oxygen atoms in total. The molecule has 0 spiro atoms. The third kappa shape index (κ3) is 4.42. The van der Waals surface area contributed by atoms with Crippen LogP contribution < -0.4 is 5.32 Å². The molecule has 0 heterocycles. The molecule has 80 valence electrons. The maximum atomic E-state index is 5.29. The van der Waals surface area contributed by atoms with Crippen molar-refractivity contribution in [1.29, 1.82) is 0 Å². The van der Waals surface area contributed by atoms with Crippen molar-refractivity contribution >= 4 is 11.8 Å². The lowest BCUT2D eigenvalue weighted by Gasteiger charge is -2.12. The summed E-state index contributed by atoms with van der Waals surface area (Å²) in [7, 11) is 1.96. The van der Waals surface area contributed by atoms with Gasteiger partial charge in [-0.3, -0.25) is 0 Å². The lowest BCUT2D eigenvalue weighted by Crippen LogP contribution is -2.26. The Hall–Kier alpha value is -0.910. The highest BCUT2D eigenvalue weighted by Crippen LogP contribution is 2.19. The summed E-state index contributed by atoms with van der Waals surface area (Å²) in [5, 5.41) is 3.22. The Balaban J connectivity index is 2.42. The molecule has 0 saturated heterocycles. The highest BCUT2D eigenvalue weighted by Gasteiger charge is 2.04. The van der Waals surface area contributed by atoms with Crippen molar-refractivity contribution in [2.24, 2.45) is 0 Å². The fraction of sp³-hybridized carbons (Fsp3) is 0.385. The second-order valence-electron chi connectivity index (χ2n) is 3.52.